The first-order valence-corrected chi connectivity index (χ1v) is 8.44. The molecule has 2 aromatic carbocycles. The number of hydrogen-bond donors (Lipinski definition) is 2. The van der Waals surface area contributed by atoms with Crippen molar-refractivity contribution in [3.8, 4) is 11.5 Å². The second-order valence-electron chi connectivity index (χ2n) is 5.92. The van der Waals surface area contributed by atoms with E-state index in [1.54, 1.807) is 36.5 Å². The minimum Gasteiger partial charge on any atom is -0.504 e. The van der Waals surface area contributed by atoms with Gasteiger partial charge in [0.05, 0.1) is 24.8 Å². The van der Waals surface area contributed by atoms with Crippen molar-refractivity contribution in [3.05, 3.63) is 81.7 Å². The van der Waals surface area contributed by atoms with E-state index < -0.39 is 10.8 Å². The zero-order valence-corrected chi connectivity index (χ0v) is 15.3. The van der Waals surface area contributed by atoms with E-state index in [-0.39, 0.29) is 17.1 Å². The van der Waals surface area contributed by atoms with Crippen LogP contribution in [0.15, 0.2) is 59.8 Å². The van der Waals surface area contributed by atoms with Crippen LogP contribution in [0.3, 0.4) is 0 Å². The molecule has 0 bridgehead atoms. The first kappa shape index (κ1) is 19.5. The van der Waals surface area contributed by atoms with Gasteiger partial charge in [0.2, 0.25) is 0 Å². The van der Waals surface area contributed by atoms with Gasteiger partial charge in [0.15, 0.2) is 17.2 Å². The molecule has 3 rings (SSSR count). The number of aromatic nitrogens is 2. The number of nitro benzene ring substituents is 1. The number of phenolic OH excluding ortho intramolecular Hbond substituents is 1. The van der Waals surface area contributed by atoms with E-state index in [1.807, 2.05) is 0 Å². The predicted molar refractivity (Wildman–Crippen MR) is 104 cm³/mol. The van der Waals surface area contributed by atoms with E-state index in [2.05, 4.69) is 15.6 Å². The molecule has 1 heterocycles. The highest BCUT2D eigenvalue weighted by molar-refractivity contribution is 5.93. The molecular formula is C19H17N5O5. The molecule has 0 unspecified atom stereocenters. The number of ether oxygens (including phenoxy) is 1. The molecule has 0 saturated carbocycles. The van der Waals surface area contributed by atoms with Crippen molar-refractivity contribution in [2.75, 3.05) is 7.11 Å². The van der Waals surface area contributed by atoms with Crippen LogP contribution >= 0.6 is 0 Å². The van der Waals surface area contributed by atoms with Crippen LogP contribution in [0.25, 0.3) is 0 Å². The molecular weight excluding hydrogens is 378 g/mol. The number of nitro groups is 1. The van der Waals surface area contributed by atoms with Crippen molar-refractivity contribution >= 4 is 17.8 Å². The lowest BCUT2D eigenvalue weighted by Gasteiger charge is -2.04. The molecule has 0 aliphatic rings. The number of hydrazone groups is 1. The summed E-state index contributed by atoms with van der Waals surface area (Å²) in [5.74, 6) is -0.309. The molecule has 2 N–H and O–H groups in total. The summed E-state index contributed by atoms with van der Waals surface area (Å²) in [4.78, 5) is 22.4. The summed E-state index contributed by atoms with van der Waals surface area (Å²) in [6, 6.07) is 12.5. The van der Waals surface area contributed by atoms with E-state index in [0.717, 1.165) is 5.56 Å². The standard InChI is InChI=1S/C19H17N5O5/c1-29-17-4-2-3-14(18(17)25)11-20-21-19(26)16-9-10-23(22-16)12-13-5-7-15(8-6-13)24(27)28/h2-11,25H,12H2,1H3,(H,21,26)/b20-11-. The van der Waals surface area contributed by atoms with Crippen molar-refractivity contribution in [1.82, 2.24) is 15.2 Å². The van der Waals surface area contributed by atoms with Crippen molar-refractivity contribution in [3.63, 3.8) is 0 Å². The van der Waals surface area contributed by atoms with Crippen LogP contribution in [0, 0.1) is 10.1 Å². The van der Waals surface area contributed by atoms with Gasteiger partial charge in [-0.25, -0.2) is 5.43 Å². The molecule has 29 heavy (non-hydrogen) atoms. The number of nitrogens with zero attached hydrogens (tertiary/aromatic N) is 4. The van der Waals surface area contributed by atoms with Crippen LogP contribution in [0.4, 0.5) is 5.69 Å². The zero-order chi connectivity index (χ0) is 20.8. The van der Waals surface area contributed by atoms with Gasteiger partial charge in [-0.15, -0.1) is 0 Å². The molecule has 0 aliphatic heterocycles. The summed E-state index contributed by atoms with van der Waals surface area (Å²) in [5, 5.41) is 28.7. The van der Waals surface area contributed by atoms with Gasteiger partial charge in [0, 0.05) is 23.9 Å². The molecule has 0 fully saturated rings. The number of hydrogen-bond acceptors (Lipinski definition) is 7. The summed E-state index contributed by atoms with van der Waals surface area (Å²) in [6.07, 6.45) is 2.91. The Labute approximate surface area is 165 Å². The largest absolute Gasteiger partial charge is 0.504 e. The van der Waals surface area contributed by atoms with E-state index in [0.29, 0.717) is 17.9 Å². The third kappa shape index (κ3) is 4.75. The topological polar surface area (TPSA) is 132 Å². The van der Waals surface area contributed by atoms with Crippen molar-refractivity contribution in [2.24, 2.45) is 5.10 Å². The summed E-state index contributed by atoms with van der Waals surface area (Å²) >= 11 is 0. The number of aromatic hydroxyl groups is 1. The number of methoxy groups -OCH3 is 1. The highest BCUT2D eigenvalue weighted by Gasteiger charge is 2.10. The highest BCUT2D eigenvalue weighted by atomic mass is 16.6. The average molecular weight is 395 g/mol. The van der Waals surface area contributed by atoms with E-state index in [1.165, 1.54) is 36.2 Å². The van der Waals surface area contributed by atoms with Crippen molar-refractivity contribution in [2.45, 2.75) is 6.54 Å². The van der Waals surface area contributed by atoms with E-state index in [9.17, 15) is 20.0 Å². The fourth-order valence-corrected chi connectivity index (χ4v) is 2.51. The first-order chi connectivity index (χ1) is 14.0. The fraction of sp³-hybridized carbons (Fsp3) is 0.105. The van der Waals surface area contributed by atoms with Crippen molar-refractivity contribution in [1.29, 1.82) is 0 Å². The number of para-hydroxylation sites is 1. The van der Waals surface area contributed by atoms with Crippen LogP contribution < -0.4 is 10.2 Å². The van der Waals surface area contributed by atoms with Crippen molar-refractivity contribution < 1.29 is 19.6 Å². The Balaban J connectivity index is 1.61. The summed E-state index contributed by atoms with van der Waals surface area (Å²) in [7, 11) is 1.44. The van der Waals surface area contributed by atoms with Gasteiger partial charge in [-0.2, -0.15) is 10.2 Å². The lowest BCUT2D eigenvalue weighted by molar-refractivity contribution is -0.384. The second kappa shape index (κ2) is 8.65. The Kier molecular flexibility index (Phi) is 5.83. The van der Waals surface area contributed by atoms with Crippen LogP contribution in [0.5, 0.6) is 11.5 Å². The van der Waals surface area contributed by atoms with Gasteiger partial charge < -0.3 is 9.84 Å². The molecule has 10 nitrogen and oxygen atoms in total. The summed E-state index contributed by atoms with van der Waals surface area (Å²) < 4.78 is 6.54. The summed E-state index contributed by atoms with van der Waals surface area (Å²) in [5.41, 5.74) is 3.68. The molecule has 0 aliphatic carbocycles. The number of phenols is 1. The number of carbonyl (C=O) groups is 1. The fourth-order valence-electron chi connectivity index (χ4n) is 2.51. The first-order valence-electron chi connectivity index (χ1n) is 8.44. The SMILES string of the molecule is COc1cccc(/C=N\NC(=O)c2ccn(Cc3ccc([N+](=O)[O-])cc3)n2)c1O. The maximum absolute atomic E-state index is 12.2. The lowest BCUT2D eigenvalue weighted by Crippen LogP contribution is -2.18. The van der Waals surface area contributed by atoms with Gasteiger partial charge in [-0.1, -0.05) is 18.2 Å². The van der Waals surface area contributed by atoms with Gasteiger partial charge in [-0.3, -0.25) is 19.6 Å². The zero-order valence-electron chi connectivity index (χ0n) is 15.3. The molecule has 0 radical (unpaired) electrons. The van der Waals surface area contributed by atoms with Gasteiger partial charge >= 0.3 is 0 Å². The Morgan fingerprint density at radius 2 is 2.07 bits per heavy atom. The molecule has 148 valence electrons. The Morgan fingerprint density at radius 1 is 1.31 bits per heavy atom. The number of nitrogens with one attached hydrogen (secondary N) is 1. The summed E-state index contributed by atoms with van der Waals surface area (Å²) in [6.45, 7) is 0.353. The molecule has 3 aromatic rings. The minimum atomic E-state index is -0.522. The lowest BCUT2D eigenvalue weighted by atomic mass is 10.2. The Hall–Kier alpha value is -4.21. The second-order valence-corrected chi connectivity index (χ2v) is 5.92. The van der Waals surface area contributed by atoms with Gasteiger partial charge in [0.25, 0.3) is 11.6 Å². The van der Waals surface area contributed by atoms with Crippen LogP contribution in [-0.2, 0) is 6.54 Å². The third-order valence-corrected chi connectivity index (χ3v) is 3.98. The van der Waals surface area contributed by atoms with E-state index in [4.69, 9.17) is 4.74 Å². The minimum absolute atomic E-state index is 0.00853. The number of non-ortho nitro benzene ring substituents is 1. The van der Waals surface area contributed by atoms with Gasteiger partial charge in [0.1, 0.15) is 0 Å². The maximum Gasteiger partial charge on any atom is 0.291 e. The van der Waals surface area contributed by atoms with Crippen LogP contribution in [0.2, 0.25) is 0 Å². The van der Waals surface area contributed by atoms with Crippen LogP contribution in [0.1, 0.15) is 21.6 Å². The Bertz CT molecular complexity index is 1060. The smallest absolute Gasteiger partial charge is 0.291 e. The molecule has 1 amide bonds. The average Bonchev–Trinajstić information content (AvgIpc) is 3.18. The molecule has 1 aromatic heterocycles. The monoisotopic (exact) mass is 395 g/mol. The Morgan fingerprint density at radius 3 is 2.76 bits per heavy atom. The maximum atomic E-state index is 12.2. The van der Waals surface area contributed by atoms with Gasteiger partial charge in [-0.05, 0) is 23.8 Å². The normalized spacial score (nSPS) is 10.8. The number of carbonyl (C=O) groups excluding carboxylic acids is 1. The predicted octanol–water partition coefficient (Wildman–Crippen LogP) is 2.32. The van der Waals surface area contributed by atoms with E-state index >= 15 is 0 Å². The number of benzene rings is 2. The van der Waals surface area contributed by atoms with Crippen LogP contribution in [-0.4, -0.2) is 39.0 Å². The quantitative estimate of drug-likeness (QED) is 0.358. The molecule has 10 heteroatoms. The molecule has 0 spiro atoms. The number of amides is 1. The molecule has 0 saturated heterocycles. The highest BCUT2D eigenvalue weighted by Crippen LogP contribution is 2.27. The third-order valence-electron chi connectivity index (χ3n) is 3.98. The number of rotatable bonds is 7. The molecule has 0 atom stereocenters.